The van der Waals surface area contributed by atoms with Crippen LogP contribution in [-0.4, -0.2) is 45.4 Å². The lowest BCUT2D eigenvalue weighted by Crippen LogP contribution is -2.43. The summed E-state index contributed by atoms with van der Waals surface area (Å²) in [7, 11) is 0. The van der Waals surface area contributed by atoms with Crippen LogP contribution < -0.4 is 15.4 Å². The van der Waals surface area contributed by atoms with E-state index in [4.69, 9.17) is 4.74 Å². The Bertz CT molecular complexity index is 1210. The predicted molar refractivity (Wildman–Crippen MR) is 119 cm³/mol. The van der Waals surface area contributed by atoms with Crippen LogP contribution in [0.15, 0.2) is 67.3 Å². The van der Waals surface area contributed by atoms with E-state index in [2.05, 4.69) is 15.6 Å². The van der Waals surface area contributed by atoms with Gasteiger partial charge in [-0.3, -0.25) is 14.5 Å². The molecule has 4 amide bonds. The van der Waals surface area contributed by atoms with Gasteiger partial charge in [-0.25, -0.2) is 9.78 Å². The number of carbonyl (C=O) groups is 3. The first-order chi connectivity index (χ1) is 16.1. The van der Waals surface area contributed by atoms with E-state index < -0.39 is 23.4 Å². The van der Waals surface area contributed by atoms with Gasteiger partial charge in [0, 0.05) is 12.4 Å². The maximum atomic E-state index is 13.2. The smallest absolute Gasteiger partial charge is 0.325 e. The molecule has 0 bridgehead atoms. The number of imidazole rings is 1. The van der Waals surface area contributed by atoms with Crippen molar-refractivity contribution in [2.45, 2.75) is 24.9 Å². The Morgan fingerprint density at radius 1 is 1.15 bits per heavy atom. The van der Waals surface area contributed by atoms with Crippen LogP contribution in [0, 0.1) is 0 Å². The van der Waals surface area contributed by atoms with Crippen molar-refractivity contribution in [2.24, 2.45) is 0 Å². The molecule has 1 aliphatic heterocycles. The van der Waals surface area contributed by atoms with Crippen molar-refractivity contribution in [3.8, 4) is 5.75 Å². The first-order valence-corrected chi connectivity index (χ1v) is 10.8. The fourth-order valence-electron chi connectivity index (χ4n) is 4.44. The lowest BCUT2D eigenvalue weighted by atomic mass is 9.92. The second-order valence-electron chi connectivity index (χ2n) is 8.08. The highest BCUT2D eigenvalue weighted by atomic mass is 16.5. The van der Waals surface area contributed by atoms with E-state index in [0.717, 1.165) is 16.0 Å². The lowest BCUT2D eigenvalue weighted by molar-refractivity contribution is -0.134. The molecular formula is C24H23N5O4. The molecule has 1 fully saturated rings. The fourth-order valence-corrected chi connectivity index (χ4v) is 4.44. The van der Waals surface area contributed by atoms with Crippen LogP contribution in [0.1, 0.15) is 17.5 Å². The summed E-state index contributed by atoms with van der Waals surface area (Å²) in [5.41, 5.74) is 1.24. The molecule has 9 nitrogen and oxygen atoms in total. The second kappa shape index (κ2) is 8.42. The van der Waals surface area contributed by atoms with E-state index in [-0.39, 0.29) is 6.54 Å². The van der Waals surface area contributed by atoms with Gasteiger partial charge in [0.1, 0.15) is 24.4 Å². The molecule has 2 aliphatic rings. The molecule has 5 rings (SSSR count). The number of ether oxygens (including phenoxy) is 1. The van der Waals surface area contributed by atoms with Crippen LogP contribution in [0.4, 0.5) is 10.5 Å². The summed E-state index contributed by atoms with van der Waals surface area (Å²) in [6, 6.07) is 14.1. The molecule has 3 aromatic rings. The van der Waals surface area contributed by atoms with Crippen LogP contribution in [0.2, 0.25) is 0 Å². The second-order valence-corrected chi connectivity index (χ2v) is 8.08. The summed E-state index contributed by atoms with van der Waals surface area (Å²) in [5.74, 6) is -0.366. The van der Waals surface area contributed by atoms with Gasteiger partial charge in [-0.1, -0.05) is 36.4 Å². The molecule has 1 unspecified atom stereocenters. The summed E-state index contributed by atoms with van der Waals surface area (Å²) in [6.07, 6.45) is 6.42. The summed E-state index contributed by atoms with van der Waals surface area (Å²) >= 11 is 0. The highest BCUT2D eigenvalue weighted by molar-refractivity contribution is 6.11. The molecule has 0 radical (unpaired) electrons. The zero-order valence-electron chi connectivity index (χ0n) is 17.9. The number of amides is 4. The number of imide groups is 1. The van der Waals surface area contributed by atoms with Gasteiger partial charge >= 0.3 is 6.03 Å². The highest BCUT2D eigenvalue weighted by Gasteiger charge is 2.55. The van der Waals surface area contributed by atoms with Gasteiger partial charge in [-0.05, 0) is 36.1 Å². The Morgan fingerprint density at radius 3 is 2.82 bits per heavy atom. The lowest BCUT2D eigenvalue weighted by Gasteiger charge is -2.22. The third kappa shape index (κ3) is 3.82. The zero-order chi connectivity index (χ0) is 22.8. The van der Waals surface area contributed by atoms with Gasteiger partial charge in [-0.2, -0.15) is 0 Å². The topological polar surface area (TPSA) is 106 Å². The number of aryl methyl sites for hydroxylation is 1. The summed E-state index contributed by atoms with van der Waals surface area (Å²) in [5, 5.41) is 5.60. The van der Waals surface area contributed by atoms with Crippen molar-refractivity contribution in [3.63, 3.8) is 0 Å². The maximum Gasteiger partial charge on any atom is 0.325 e. The summed E-state index contributed by atoms with van der Waals surface area (Å²) in [6.45, 7) is 0.616. The van der Waals surface area contributed by atoms with Crippen molar-refractivity contribution in [2.75, 3.05) is 18.5 Å². The first kappa shape index (κ1) is 20.7. The van der Waals surface area contributed by atoms with Gasteiger partial charge in [-0.15, -0.1) is 0 Å². The van der Waals surface area contributed by atoms with E-state index in [1.807, 2.05) is 35.0 Å². The largest absolute Gasteiger partial charge is 0.490 e. The minimum Gasteiger partial charge on any atom is -0.490 e. The van der Waals surface area contributed by atoms with Crippen LogP contribution >= 0.6 is 0 Å². The van der Waals surface area contributed by atoms with Gasteiger partial charge in [0.15, 0.2) is 0 Å². The summed E-state index contributed by atoms with van der Waals surface area (Å²) in [4.78, 5) is 43.6. The number of hydrogen-bond donors (Lipinski definition) is 2. The highest BCUT2D eigenvalue weighted by Crippen LogP contribution is 2.41. The number of benzene rings is 2. The van der Waals surface area contributed by atoms with Crippen LogP contribution in [0.25, 0.3) is 0 Å². The van der Waals surface area contributed by atoms with E-state index in [9.17, 15) is 14.4 Å². The molecule has 2 N–H and O–H groups in total. The number of nitrogens with one attached hydrogen (secondary N) is 2. The minimum absolute atomic E-state index is 0.377. The summed E-state index contributed by atoms with van der Waals surface area (Å²) < 4.78 is 7.70. The number of carbonyl (C=O) groups excluding carboxylic acids is 3. The quantitative estimate of drug-likeness (QED) is 0.543. The molecule has 168 valence electrons. The Balaban J connectivity index is 1.25. The average molecular weight is 445 g/mol. The fraction of sp³-hybridized carbons (Fsp3) is 0.250. The Hall–Kier alpha value is -4.14. The van der Waals surface area contributed by atoms with Gasteiger partial charge < -0.3 is 19.9 Å². The molecule has 33 heavy (non-hydrogen) atoms. The molecular weight excluding hydrogens is 422 g/mol. The van der Waals surface area contributed by atoms with Crippen molar-refractivity contribution in [3.05, 3.63) is 78.4 Å². The number of nitrogens with zero attached hydrogens (tertiary/aromatic N) is 3. The van der Waals surface area contributed by atoms with Crippen molar-refractivity contribution >= 4 is 23.5 Å². The zero-order valence-corrected chi connectivity index (χ0v) is 17.9. The molecule has 1 aliphatic carbocycles. The van der Waals surface area contributed by atoms with Crippen molar-refractivity contribution in [1.29, 1.82) is 0 Å². The number of hydrogen-bond acceptors (Lipinski definition) is 5. The molecule has 0 saturated carbocycles. The molecule has 1 spiro atoms. The number of aromatic nitrogens is 2. The number of anilines is 1. The Labute approximate surface area is 190 Å². The SMILES string of the molecule is O=C(CN1C(=O)NC2(CCc3ccccc32)C1=O)Nc1ccccc1OCCn1ccnc1. The monoisotopic (exact) mass is 445 g/mol. The average Bonchev–Trinajstić information content (AvgIpc) is 3.52. The van der Waals surface area contributed by atoms with E-state index >= 15 is 0 Å². The number of urea groups is 1. The van der Waals surface area contributed by atoms with E-state index in [0.29, 0.717) is 37.4 Å². The van der Waals surface area contributed by atoms with Crippen LogP contribution in [0.3, 0.4) is 0 Å². The predicted octanol–water partition coefficient (Wildman–Crippen LogP) is 2.29. The molecule has 9 heteroatoms. The van der Waals surface area contributed by atoms with Crippen molar-refractivity contribution in [1.82, 2.24) is 19.8 Å². The van der Waals surface area contributed by atoms with Gasteiger partial charge in [0.25, 0.3) is 5.91 Å². The van der Waals surface area contributed by atoms with E-state index in [1.54, 1.807) is 36.8 Å². The van der Waals surface area contributed by atoms with E-state index in [1.165, 1.54) is 0 Å². The van der Waals surface area contributed by atoms with Gasteiger partial charge in [0.2, 0.25) is 5.91 Å². The molecule has 1 atom stereocenters. The standard InChI is InChI=1S/C24H23N5O4/c30-21(26-19-7-3-4-8-20(19)33-14-13-28-12-11-25-16-28)15-29-22(31)24(27-23(29)32)10-9-17-5-1-2-6-18(17)24/h1-8,11-12,16H,9-10,13-15H2,(H,26,30)(H,27,32). The van der Waals surface area contributed by atoms with Crippen LogP contribution in [-0.2, 0) is 28.1 Å². The Kier molecular flexibility index (Phi) is 5.29. The third-order valence-corrected chi connectivity index (χ3v) is 6.05. The molecule has 1 saturated heterocycles. The molecule has 1 aromatic heterocycles. The first-order valence-electron chi connectivity index (χ1n) is 10.8. The molecule has 2 aromatic carbocycles. The number of fused-ring (bicyclic) bond motifs is 2. The number of rotatable bonds is 7. The molecule has 2 heterocycles. The van der Waals surface area contributed by atoms with Gasteiger partial charge in [0.05, 0.1) is 18.6 Å². The number of para-hydroxylation sites is 2. The third-order valence-electron chi connectivity index (χ3n) is 6.05. The minimum atomic E-state index is -1.08. The van der Waals surface area contributed by atoms with Crippen LogP contribution in [0.5, 0.6) is 5.75 Å². The normalized spacial score (nSPS) is 19.0. The van der Waals surface area contributed by atoms with Crippen molar-refractivity contribution < 1.29 is 19.1 Å². The maximum absolute atomic E-state index is 13.2. The Morgan fingerprint density at radius 2 is 1.97 bits per heavy atom.